The molecule has 1 unspecified atom stereocenters. The number of carbonyl (C=O) groups is 1. The number of hydrogen-bond donors (Lipinski definition) is 1. The van der Waals surface area contributed by atoms with Crippen LogP contribution in [0.2, 0.25) is 0 Å². The first-order valence-corrected chi connectivity index (χ1v) is 12.1. The molecule has 0 saturated heterocycles. The third-order valence-electron chi connectivity index (χ3n) is 5.23. The van der Waals surface area contributed by atoms with E-state index in [-0.39, 0.29) is 12.1 Å². The molecule has 2 heterocycles. The topological polar surface area (TPSA) is 64.0 Å². The van der Waals surface area contributed by atoms with E-state index in [4.69, 9.17) is 4.98 Å². The van der Waals surface area contributed by atoms with Crippen molar-refractivity contribution in [1.29, 1.82) is 0 Å². The van der Waals surface area contributed by atoms with Crippen LogP contribution in [0.5, 0.6) is 0 Å². The maximum absolute atomic E-state index is 13.9. The van der Waals surface area contributed by atoms with Gasteiger partial charge in [-0.2, -0.15) is 0 Å². The van der Waals surface area contributed by atoms with E-state index in [1.165, 1.54) is 22.0 Å². The van der Waals surface area contributed by atoms with E-state index in [0.29, 0.717) is 15.4 Å². The standard InChI is InChI=1S/C25H21F2N3O2S2/c1-4-13-30-24(32)19-14(2)21(16-9-6-5-7-10-16)34-23(19)29-25(30)33-15(3)22(31)28-20-17(26)11-8-12-18(20)27/h4-12,15H,1,13H2,2-3H3,(H,28,31). The van der Waals surface area contributed by atoms with Gasteiger partial charge >= 0.3 is 0 Å². The van der Waals surface area contributed by atoms with E-state index in [0.717, 1.165) is 39.9 Å². The smallest absolute Gasteiger partial charge is 0.263 e. The van der Waals surface area contributed by atoms with E-state index in [1.807, 2.05) is 37.3 Å². The van der Waals surface area contributed by atoms with Gasteiger partial charge in [-0.3, -0.25) is 14.2 Å². The van der Waals surface area contributed by atoms with Crippen molar-refractivity contribution in [3.63, 3.8) is 0 Å². The van der Waals surface area contributed by atoms with Crippen LogP contribution in [0.15, 0.2) is 71.1 Å². The monoisotopic (exact) mass is 497 g/mol. The van der Waals surface area contributed by atoms with E-state index in [1.54, 1.807) is 13.0 Å². The maximum atomic E-state index is 13.9. The summed E-state index contributed by atoms with van der Waals surface area (Å²) in [6, 6.07) is 13.1. The number of carbonyl (C=O) groups excluding carboxylic acids is 1. The second kappa shape index (κ2) is 9.90. The number of aromatic nitrogens is 2. The van der Waals surface area contributed by atoms with Crippen LogP contribution in [0, 0.1) is 18.6 Å². The van der Waals surface area contributed by atoms with Gasteiger partial charge in [0.15, 0.2) is 5.16 Å². The molecule has 0 aliphatic carbocycles. The van der Waals surface area contributed by atoms with Crippen LogP contribution in [-0.2, 0) is 11.3 Å². The highest BCUT2D eigenvalue weighted by molar-refractivity contribution is 8.00. The summed E-state index contributed by atoms with van der Waals surface area (Å²) in [6.07, 6.45) is 1.58. The van der Waals surface area contributed by atoms with E-state index >= 15 is 0 Å². The number of amides is 1. The number of thiophene rings is 1. The SMILES string of the molecule is C=CCn1c(SC(C)C(=O)Nc2c(F)cccc2F)nc2sc(-c3ccccc3)c(C)c2c1=O. The van der Waals surface area contributed by atoms with E-state index in [2.05, 4.69) is 11.9 Å². The van der Waals surface area contributed by atoms with E-state index < -0.39 is 28.5 Å². The van der Waals surface area contributed by atoms with Gasteiger partial charge < -0.3 is 5.32 Å². The molecular formula is C25H21F2N3O2S2. The van der Waals surface area contributed by atoms with Gasteiger partial charge in [-0.25, -0.2) is 13.8 Å². The Balaban J connectivity index is 1.71. The van der Waals surface area contributed by atoms with Crippen LogP contribution in [0.25, 0.3) is 20.7 Å². The van der Waals surface area contributed by atoms with Crippen molar-refractivity contribution in [2.24, 2.45) is 0 Å². The molecule has 0 aliphatic rings. The third-order valence-corrected chi connectivity index (χ3v) is 7.55. The number of anilines is 1. The molecule has 9 heteroatoms. The number of nitrogens with one attached hydrogen (secondary N) is 1. The van der Waals surface area contributed by atoms with Crippen molar-refractivity contribution < 1.29 is 13.6 Å². The Morgan fingerprint density at radius 1 is 1.21 bits per heavy atom. The minimum Gasteiger partial charge on any atom is -0.320 e. The van der Waals surface area contributed by atoms with Crippen LogP contribution in [0.1, 0.15) is 12.5 Å². The number of halogens is 2. The fraction of sp³-hybridized carbons (Fsp3) is 0.160. The average molecular weight is 498 g/mol. The normalized spacial score (nSPS) is 12.0. The predicted octanol–water partition coefficient (Wildman–Crippen LogP) is 6.02. The van der Waals surface area contributed by atoms with Gasteiger partial charge in [0.2, 0.25) is 5.91 Å². The fourth-order valence-corrected chi connectivity index (χ4v) is 5.64. The zero-order valence-corrected chi connectivity index (χ0v) is 20.1. The van der Waals surface area contributed by atoms with Gasteiger partial charge in [0.25, 0.3) is 5.56 Å². The van der Waals surface area contributed by atoms with Crippen molar-refractivity contribution in [3.05, 3.63) is 88.7 Å². The number of rotatable bonds is 7. The molecule has 174 valence electrons. The second-order valence-corrected chi connectivity index (χ2v) is 9.85. The highest BCUT2D eigenvalue weighted by atomic mass is 32.2. The second-order valence-electron chi connectivity index (χ2n) is 7.55. The molecule has 5 nitrogen and oxygen atoms in total. The van der Waals surface area contributed by atoms with Crippen LogP contribution in [0.3, 0.4) is 0 Å². The summed E-state index contributed by atoms with van der Waals surface area (Å²) in [5.41, 5.74) is 1.11. The molecule has 0 aliphatic heterocycles. The highest BCUT2D eigenvalue weighted by Gasteiger charge is 2.23. The zero-order valence-electron chi connectivity index (χ0n) is 18.5. The van der Waals surface area contributed by atoms with Crippen molar-refractivity contribution in [2.75, 3.05) is 5.32 Å². The summed E-state index contributed by atoms with van der Waals surface area (Å²) in [5, 5.41) is 2.37. The molecular weight excluding hydrogens is 476 g/mol. The van der Waals surface area contributed by atoms with Crippen LogP contribution in [0.4, 0.5) is 14.5 Å². The molecule has 0 saturated carbocycles. The number of hydrogen-bond acceptors (Lipinski definition) is 5. The number of para-hydroxylation sites is 1. The molecule has 0 spiro atoms. The summed E-state index contributed by atoms with van der Waals surface area (Å²) in [4.78, 5) is 32.3. The lowest BCUT2D eigenvalue weighted by molar-refractivity contribution is -0.115. The Bertz CT molecular complexity index is 1430. The summed E-state index contributed by atoms with van der Waals surface area (Å²) in [5.74, 6) is -2.34. The minimum absolute atomic E-state index is 0.205. The molecule has 0 bridgehead atoms. The van der Waals surface area contributed by atoms with Gasteiger partial charge in [-0.1, -0.05) is 54.2 Å². The summed E-state index contributed by atoms with van der Waals surface area (Å²) in [7, 11) is 0. The minimum atomic E-state index is -0.865. The van der Waals surface area contributed by atoms with Crippen LogP contribution < -0.4 is 10.9 Å². The number of fused-ring (bicyclic) bond motifs is 1. The number of nitrogens with zero attached hydrogens (tertiary/aromatic N) is 2. The molecule has 0 fully saturated rings. The lowest BCUT2D eigenvalue weighted by Gasteiger charge is -2.15. The molecule has 2 aromatic heterocycles. The molecule has 2 aromatic carbocycles. The fourth-order valence-electron chi connectivity index (χ4n) is 3.50. The average Bonchev–Trinajstić information content (AvgIpc) is 3.15. The third kappa shape index (κ3) is 4.53. The van der Waals surface area contributed by atoms with Gasteiger partial charge in [0, 0.05) is 11.4 Å². The first-order chi connectivity index (χ1) is 16.3. The zero-order chi connectivity index (χ0) is 24.4. The van der Waals surface area contributed by atoms with Crippen molar-refractivity contribution in [2.45, 2.75) is 30.8 Å². The Morgan fingerprint density at radius 3 is 2.53 bits per heavy atom. The van der Waals surface area contributed by atoms with Crippen LogP contribution in [-0.4, -0.2) is 20.7 Å². The van der Waals surface area contributed by atoms with Crippen molar-refractivity contribution >= 4 is 44.9 Å². The lowest BCUT2D eigenvalue weighted by atomic mass is 10.1. The van der Waals surface area contributed by atoms with E-state index in [9.17, 15) is 18.4 Å². The molecule has 34 heavy (non-hydrogen) atoms. The van der Waals surface area contributed by atoms with Gasteiger partial charge in [-0.15, -0.1) is 17.9 Å². The Morgan fingerprint density at radius 2 is 1.88 bits per heavy atom. The lowest BCUT2D eigenvalue weighted by Crippen LogP contribution is -2.27. The quantitative estimate of drug-likeness (QED) is 0.193. The Kier molecular flexibility index (Phi) is 6.95. The Hall–Kier alpha value is -3.30. The van der Waals surface area contributed by atoms with Crippen molar-refractivity contribution in [1.82, 2.24) is 9.55 Å². The predicted molar refractivity (Wildman–Crippen MR) is 135 cm³/mol. The maximum Gasteiger partial charge on any atom is 0.263 e. The number of benzene rings is 2. The summed E-state index contributed by atoms with van der Waals surface area (Å²) < 4.78 is 29.3. The summed E-state index contributed by atoms with van der Waals surface area (Å²) >= 11 is 2.45. The summed E-state index contributed by atoms with van der Waals surface area (Å²) in [6.45, 7) is 7.41. The number of allylic oxidation sites excluding steroid dienone is 1. The van der Waals surface area contributed by atoms with Gasteiger partial charge in [0.1, 0.15) is 22.2 Å². The largest absolute Gasteiger partial charge is 0.320 e. The Labute approximate surface area is 203 Å². The van der Waals surface area contributed by atoms with Gasteiger partial charge in [-0.05, 0) is 37.1 Å². The van der Waals surface area contributed by atoms with Crippen LogP contribution >= 0.6 is 23.1 Å². The first kappa shape index (κ1) is 23.8. The number of thioether (sulfide) groups is 1. The molecule has 1 amide bonds. The molecule has 4 aromatic rings. The molecule has 0 radical (unpaired) electrons. The highest BCUT2D eigenvalue weighted by Crippen LogP contribution is 2.37. The van der Waals surface area contributed by atoms with Gasteiger partial charge in [0.05, 0.1) is 10.6 Å². The van der Waals surface area contributed by atoms with Crippen molar-refractivity contribution in [3.8, 4) is 10.4 Å². The number of aryl methyl sites for hydroxylation is 1. The first-order valence-electron chi connectivity index (χ1n) is 10.4. The molecule has 4 rings (SSSR count). The molecule has 1 N–H and O–H groups in total. The molecule has 1 atom stereocenters.